The number of ketones is 2. The van der Waals surface area contributed by atoms with E-state index in [1.807, 2.05) is 24.3 Å². The average molecular weight is 322 g/mol. The highest BCUT2D eigenvalue weighted by molar-refractivity contribution is 7.85. The van der Waals surface area contributed by atoms with Gasteiger partial charge in [0.1, 0.15) is 0 Å². The first kappa shape index (κ1) is 18.0. The van der Waals surface area contributed by atoms with E-state index in [1.165, 1.54) is 13.8 Å². The highest BCUT2D eigenvalue weighted by Crippen LogP contribution is 2.23. The zero-order valence-electron chi connectivity index (χ0n) is 12.9. The Hall–Kier alpha value is -2.05. The van der Waals surface area contributed by atoms with Crippen molar-refractivity contribution in [2.75, 3.05) is 13.4 Å². The molecule has 6 heteroatoms. The molecule has 118 valence electrons. The van der Waals surface area contributed by atoms with Crippen LogP contribution in [0, 0.1) is 0 Å². The largest absolute Gasteiger partial charge is 0.294 e. The third-order valence-corrected chi connectivity index (χ3v) is 3.57. The Balaban J connectivity index is 0.000000346. The molecule has 0 amide bonds. The molecule has 0 aromatic heterocycles. The van der Waals surface area contributed by atoms with Gasteiger partial charge in [-0.2, -0.15) is 8.42 Å². The predicted octanol–water partition coefficient (Wildman–Crippen LogP) is 2.84. The third kappa shape index (κ3) is 4.75. The lowest BCUT2D eigenvalue weighted by Gasteiger charge is -2.07. The van der Waals surface area contributed by atoms with Crippen LogP contribution in [0.15, 0.2) is 36.4 Å². The monoisotopic (exact) mass is 322 g/mol. The number of fused-ring (bicyclic) bond motifs is 1. The van der Waals surface area contributed by atoms with E-state index in [1.54, 1.807) is 12.1 Å². The van der Waals surface area contributed by atoms with Gasteiger partial charge < -0.3 is 0 Å². The van der Waals surface area contributed by atoms with Crippen molar-refractivity contribution in [1.82, 2.24) is 0 Å². The van der Waals surface area contributed by atoms with Gasteiger partial charge in [-0.15, -0.1) is 0 Å². The van der Waals surface area contributed by atoms with Crippen LogP contribution in [0.3, 0.4) is 0 Å². The fraction of sp³-hybridized carbons (Fsp3) is 0.250. The van der Waals surface area contributed by atoms with Crippen molar-refractivity contribution >= 4 is 32.5 Å². The summed E-state index contributed by atoms with van der Waals surface area (Å²) in [6.07, 6.45) is 0.993. The summed E-state index contributed by atoms with van der Waals surface area (Å²) in [5.74, 6) is -0.0291. The number of hydrogen-bond donors (Lipinski definition) is 0. The van der Waals surface area contributed by atoms with Crippen LogP contribution in [0.1, 0.15) is 34.6 Å². The Morgan fingerprint density at radius 3 is 1.55 bits per heavy atom. The summed E-state index contributed by atoms with van der Waals surface area (Å²) in [6.45, 7) is 3.04. The lowest BCUT2D eigenvalue weighted by atomic mass is 9.95. The quantitative estimate of drug-likeness (QED) is 0.641. The standard InChI is InChI=1S/C14H12O2.C2H6O3S/c1-9(15)12-7-3-5-11-6-4-8-13(10(2)16)14(11)12;1-5-6(2,3)4/h3-8H,1-2H3;1-2H3. The van der Waals surface area contributed by atoms with Gasteiger partial charge in [-0.05, 0) is 19.2 Å². The van der Waals surface area contributed by atoms with Gasteiger partial charge in [0.25, 0.3) is 10.1 Å². The van der Waals surface area contributed by atoms with E-state index in [0.717, 1.165) is 24.1 Å². The SMILES string of the molecule is CC(=O)c1cccc2cccc(C(C)=O)c12.COS(C)(=O)=O. The van der Waals surface area contributed by atoms with Crippen LogP contribution in [0.25, 0.3) is 10.8 Å². The predicted molar refractivity (Wildman–Crippen MR) is 85.8 cm³/mol. The van der Waals surface area contributed by atoms with Crippen LogP contribution in [-0.2, 0) is 14.3 Å². The molecule has 0 spiro atoms. The van der Waals surface area contributed by atoms with Gasteiger partial charge in [0.15, 0.2) is 11.6 Å². The Labute approximate surface area is 130 Å². The van der Waals surface area contributed by atoms with Crippen LogP contribution >= 0.6 is 0 Å². The maximum atomic E-state index is 11.5. The molecule has 2 rings (SSSR count). The second-order valence-electron chi connectivity index (χ2n) is 4.69. The minimum Gasteiger partial charge on any atom is -0.294 e. The number of rotatable bonds is 3. The van der Waals surface area contributed by atoms with Crippen molar-refractivity contribution in [3.05, 3.63) is 47.5 Å². The summed E-state index contributed by atoms with van der Waals surface area (Å²) in [5, 5.41) is 1.70. The van der Waals surface area contributed by atoms with Crippen molar-refractivity contribution in [3.63, 3.8) is 0 Å². The van der Waals surface area contributed by atoms with Crippen molar-refractivity contribution in [3.8, 4) is 0 Å². The molecule has 0 radical (unpaired) electrons. The third-order valence-electron chi connectivity index (χ3n) is 2.97. The second-order valence-corrected chi connectivity index (χ2v) is 6.43. The summed E-state index contributed by atoms with van der Waals surface area (Å²) in [4.78, 5) is 23.0. The summed E-state index contributed by atoms with van der Waals surface area (Å²) in [6, 6.07) is 11.0. The van der Waals surface area contributed by atoms with Crippen molar-refractivity contribution < 1.29 is 22.2 Å². The lowest BCUT2D eigenvalue weighted by Crippen LogP contribution is -2.00. The normalized spacial score (nSPS) is 10.7. The van der Waals surface area contributed by atoms with Gasteiger partial charge in [0.2, 0.25) is 0 Å². The van der Waals surface area contributed by atoms with Crippen molar-refractivity contribution in [2.24, 2.45) is 0 Å². The highest BCUT2D eigenvalue weighted by atomic mass is 32.2. The first-order valence-electron chi connectivity index (χ1n) is 6.46. The number of benzene rings is 2. The molecule has 2 aromatic rings. The molecule has 0 atom stereocenters. The van der Waals surface area contributed by atoms with Crippen LogP contribution in [0.4, 0.5) is 0 Å². The van der Waals surface area contributed by atoms with Gasteiger partial charge in [0, 0.05) is 16.5 Å². The molecule has 0 bridgehead atoms. The van der Waals surface area contributed by atoms with E-state index in [2.05, 4.69) is 4.18 Å². The number of carbonyl (C=O) groups excluding carboxylic acids is 2. The van der Waals surface area contributed by atoms with E-state index >= 15 is 0 Å². The smallest absolute Gasteiger partial charge is 0.264 e. The Kier molecular flexibility index (Phi) is 5.96. The fourth-order valence-electron chi connectivity index (χ4n) is 1.93. The topological polar surface area (TPSA) is 77.5 Å². The summed E-state index contributed by atoms with van der Waals surface area (Å²) in [7, 11) is -2.04. The lowest BCUT2D eigenvalue weighted by molar-refractivity contribution is 0.101. The molecule has 0 unspecified atom stereocenters. The van der Waals surface area contributed by atoms with Gasteiger partial charge in [0.05, 0.1) is 13.4 Å². The van der Waals surface area contributed by atoms with Gasteiger partial charge >= 0.3 is 0 Å². The van der Waals surface area contributed by atoms with Crippen LogP contribution in [-0.4, -0.2) is 33.3 Å². The van der Waals surface area contributed by atoms with Crippen molar-refractivity contribution in [1.29, 1.82) is 0 Å². The Morgan fingerprint density at radius 1 is 0.909 bits per heavy atom. The first-order chi connectivity index (χ1) is 10.2. The second kappa shape index (κ2) is 7.29. The van der Waals surface area contributed by atoms with Crippen LogP contribution in [0.5, 0.6) is 0 Å². The molecule has 0 heterocycles. The van der Waals surface area contributed by atoms with Crippen LogP contribution in [0.2, 0.25) is 0 Å². The van der Waals surface area contributed by atoms with Crippen molar-refractivity contribution in [2.45, 2.75) is 13.8 Å². The average Bonchev–Trinajstić information content (AvgIpc) is 2.45. The molecular formula is C16H18O5S. The van der Waals surface area contributed by atoms with E-state index in [4.69, 9.17) is 0 Å². The maximum Gasteiger partial charge on any atom is 0.264 e. The molecule has 0 aliphatic heterocycles. The molecule has 2 aromatic carbocycles. The minimum atomic E-state index is -3.16. The molecular weight excluding hydrogens is 304 g/mol. The minimum absolute atomic E-state index is 0.0145. The summed E-state index contributed by atoms with van der Waals surface area (Å²) in [5.41, 5.74) is 1.23. The molecule has 0 saturated carbocycles. The summed E-state index contributed by atoms with van der Waals surface area (Å²) < 4.78 is 23.5. The van der Waals surface area contributed by atoms with Gasteiger partial charge in [-0.25, -0.2) is 0 Å². The molecule has 0 aliphatic carbocycles. The zero-order chi connectivity index (χ0) is 16.9. The van der Waals surface area contributed by atoms with Gasteiger partial charge in [-0.3, -0.25) is 13.8 Å². The summed E-state index contributed by atoms with van der Waals surface area (Å²) >= 11 is 0. The number of carbonyl (C=O) groups is 2. The molecule has 0 N–H and O–H groups in total. The fourth-order valence-corrected chi connectivity index (χ4v) is 1.93. The number of Topliss-reactive ketones (excluding diaryl/α,β-unsaturated/α-hetero) is 2. The Morgan fingerprint density at radius 2 is 1.27 bits per heavy atom. The molecule has 5 nitrogen and oxygen atoms in total. The Bertz CT molecular complexity index is 758. The molecule has 22 heavy (non-hydrogen) atoms. The first-order valence-corrected chi connectivity index (χ1v) is 8.28. The molecule has 0 saturated heterocycles. The van der Waals surface area contributed by atoms with Gasteiger partial charge in [-0.1, -0.05) is 36.4 Å². The molecule has 0 fully saturated rings. The molecule has 0 aliphatic rings. The van der Waals surface area contributed by atoms with E-state index in [-0.39, 0.29) is 11.6 Å². The van der Waals surface area contributed by atoms with E-state index in [0.29, 0.717) is 11.1 Å². The van der Waals surface area contributed by atoms with E-state index < -0.39 is 10.1 Å². The number of hydrogen-bond acceptors (Lipinski definition) is 5. The van der Waals surface area contributed by atoms with E-state index in [9.17, 15) is 18.0 Å². The van der Waals surface area contributed by atoms with Crippen LogP contribution < -0.4 is 0 Å². The maximum absolute atomic E-state index is 11.5. The highest BCUT2D eigenvalue weighted by Gasteiger charge is 2.11. The zero-order valence-corrected chi connectivity index (χ0v) is 13.7.